The molecule has 3 rings (SSSR count). The molecule has 1 saturated carbocycles. The lowest BCUT2D eigenvalue weighted by Gasteiger charge is -2.27. The fraction of sp³-hybridized carbons (Fsp3) is 0.350. The third kappa shape index (κ3) is 3.33. The van der Waals surface area contributed by atoms with Gasteiger partial charge in [0.25, 0.3) is 0 Å². The van der Waals surface area contributed by atoms with Crippen LogP contribution in [0.2, 0.25) is 0 Å². The molecule has 0 aliphatic heterocycles. The van der Waals surface area contributed by atoms with Gasteiger partial charge in [-0.05, 0) is 37.5 Å². The van der Waals surface area contributed by atoms with Crippen LogP contribution in [0.3, 0.4) is 0 Å². The standard InChI is InChI=1S/C20H23NO3S/c1-16-9-11-17(12-10-16)15-21-19(22)20(13-5-6-14-20)25(23,24)18-7-3-2-4-8-18/h2-4,7-12H,5-6,13-15H2,1H3,(H,21,22). The summed E-state index contributed by atoms with van der Waals surface area (Å²) in [5, 5.41) is 2.86. The number of nitrogens with one attached hydrogen (secondary N) is 1. The molecular formula is C20H23NO3S. The largest absolute Gasteiger partial charge is 0.351 e. The van der Waals surface area contributed by atoms with Gasteiger partial charge in [0.05, 0.1) is 4.90 Å². The second kappa shape index (κ2) is 7.00. The minimum Gasteiger partial charge on any atom is -0.351 e. The fourth-order valence-electron chi connectivity index (χ4n) is 3.44. The molecule has 25 heavy (non-hydrogen) atoms. The highest BCUT2D eigenvalue weighted by atomic mass is 32.2. The Morgan fingerprint density at radius 3 is 2.20 bits per heavy atom. The number of sulfone groups is 1. The molecule has 1 fully saturated rings. The summed E-state index contributed by atoms with van der Waals surface area (Å²) >= 11 is 0. The van der Waals surface area contributed by atoms with Crippen molar-refractivity contribution in [2.24, 2.45) is 0 Å². The molecule has 0 unspecified atom stereocenters. The van der Waals surface area contributed by atoms with Crippen LogP contribution >= 0.6 is 0 Å². The van der Waals surface area contributed by atoms with Crippen LogP contribution in [0.4, 0.5) is 0 Å². The van der Waals surface area contributed by atoms with Crippen molar-refractivity contribution in [3.8, 4) is 0 Å². The van der Waals surface area contributed by atoms with Crippen molar-refractivity contribution in [1.82, 2.24) is 5.32 Å². The Balaban J connectivity index is 1.85. The van der Waals surface area contributed by atoms with Gasteiger partial charge in [-0.1, -0.05) is 60.9 Å². The second-order valence-electron chi connectivity index (χ2n) is 6.69. The SMILES string of the molecule is Cc1ccc(CNC(=O)C2(S(=O)(=O)c3ccccc3)CCCC2)cc1. The zero-order valence-corrected chi connectivity index (χ0v) is 15.2. The number of carbonyl (C=O) groups is 1. The van der Waals surface area contributed by atoms with Gasteiger partial charge in [0, 0.05) is 6.54 Å². The van der Waals surface area contributed by atoms with E-state index in [0.29, 0.717) is 19.4 Å². The molecule has 1 amide bonds. The summed E-state index contributed by atoms with van der Waals surface area (Å²) < 4.78 is 25.0. The Kier molecular flexibility index (Phi) is 4.95. The molecule has 2 aromatic rings. The molecule has 1 aliphatic rings. The number of carbonyl (C=O) groups excluding carboxylic acids is 1. The van der Waals surface area contributed by atoms with E-state index in [9.17, 15) is 13.2 Å². The third-order valence-corrected chi connectivity index (χ3v) is 7.48. The maximum absolute atomic E-state index is 13.2. The first kappa shape index (κ1) is 17.7. The average molecular weight is 357 g/mol. The van der Waals surface area contributed by atoms with Crippen LogP contribution in [-0.4, -0.2) is 19.1 Å². The summed E-state index contributed by atoms with van der Waals surface area (Å²) in [6.07, 6.45) is 2.27. The highest BCUT2D eigenvalue weighted by Gasteiger charge is 2.52. The molecule has 5 heteroatoms. The number of amides is 1. The Hall–Kier alpha value is -2.14. The molecule has 0 radical (unpaired) electrons. The Labute approximate surface area is 149 Å². The highest BCUT2D eigenvalue weighted by Crippen LogP contribution is 2.40. The lowest BCUT2D eigenvalue weighted by molar-refractivity contribution is -0.123. The summed E-state index contributed by atoms with van der Waals surface area (Å²) in [7, 11) is -3.72. The molecule has 0 atom stereocenters. The summed E-state index contributed by atoms with van der Waals surface area (Å²) in [6.45, 7) is 2.34. The number of rotatable bonds is 5. The highest BCUT2D eigenvalue weighted by molar-refractivity contribution is 7.93. The first-order chi connectivity index (χ1) is 12.0. The van der Waals surface area contributed by atoms with Gasteiger partial charge < -0.3 is 5.32 Å². The monoisotopic (exact) mass is 357 g/mol. The molecule has 2 aromatic carbocycles. The van der Waals surface area contributed by atoms with E-state index >= 15 is 0 Å². The maximum atomic E-state index is 13.2. The topological polar surface area (TPSA) is 63.2 Å². The maximum Gasteiger partial charge on any atom is 0.242 e. The van der Waals surface area contributed by atoms with Crippen LogP contribution in [0.15, 0.2) is 59.5 Å². The van der Waals surface area contributed by atoms with E-state index in [0.717, 1.165) is 24.0 Å². The van der Waals surface area contributed by atoms with Crippen molar-refractivity contribution < 1.29 is 13.2 Å². The molecule has 132 valence electrons. The predicted octanol–water partition coefficient (Wildman–Crippen LogP) is 3.40. The molecule has 0 spiro atoms. The van der Waals surface area contributed by atoms with Crippen LogP contribution in [0, 0.1) is 6.92 Å². The lowest BCUT2D eigenvalue weighted by atomic mass is 10.1. The van der Waals surface area contributed by atoms with Gasteiger partial charge in [0.15, 0.2) is 14.6 Å². The van der Waals surface area contributed by atoms with E-state index in [1.165, 1.54) is 0 Å². The van der Waals surface area contributed by atoms with Crippen LogP contribution in [0.1, 0.15) is 36.8 Å². The molecule has 0 heterocycles. The first-order valence-electron chi connectivity index (χ1n) is 8.59. The van der Waals surface area contributed by atoms with Gasteiger partial charge in [-0.25, -0.2) is 8.42 Å². The van der Waals surface area contributed by atoms with Gasteiger partial charge >= 0.3 is 0 Å². The van der Waals surface area contributed by atoms with E-state index in [2.05, 4.69) is 5.32 Å². The van der Waals surface area contributed by atoms with E-state index in [-0.39, 0.29) is 10.8 Å². The van der Waals surface area contributed by atoms with Gasteiger partial charge in [-0.15, -0.1) is 0 Å². The quantitative estimate of drug-likeness (QED) is 0.892. The van der Waals surface area contributed by atoms with Crippen molar-refractivity contribution in [1.29, 1.82) is 0 Å². The number of hydrogen-bond donors (Lipinski definition) is 1. The summed E-state index contributed by atoms with van der Waals surface area (Å²) in [6, 6.07) is 16.2. The van der Waals surface area contributed by atoms with Crippen LogP contribution in [0.25, 0.3) is 0 Å². The van der Waals surface area contributed by atoms with E-state index in [4.69, 9.17) is 0 Å². The molecule has 4 nitrogen and oxygen atoms in total. The fourth-order valence-corrected chi connectivity index (χ4v) is 5.55. The summed E-state index contributed by atoms with van der Waals surface area (Å²) in [4.78, 5) is 13.2. The van der Waals surface area contributed by atoms with Crippen LogP contribution in [0.5, 0.6) is 0 Å². The molecule has 1 N–H and O–H groups in total. The smallest absolute Gasteiger partial charge is 0.242 e. The van der Waals surface area contributed by atoms with Crippen molar-refractivity contribution >= 4 is 15.7 Å². The first-order valence-corrected chi connectivity index (χ1v) is 10.1. The minimum atomic E-state index is -3.72. The zero-order valence-electron chi connectivity index (χ0n) is 14.4. The molecule has 0 bridgehead atoms. The minimum absolute atomic E-state index is 0.224. The van der Waals surface area contributed by atoms with Crippen LogP contribution in [-0.2, 0) is 21.2 Å². The molecule has 0 aromatic heterocycles. The van der Waals surface area contributed by atoms with Crippen LogP contribution < -0.4 is 5.32 Å². The van der Waals surface area contributed by atoms with Crippen molar-refractivity contribution in [2.45, 2.75) is 48.8 Å². The number of aryl methyl sites for hydroxylation is 1. The molecule has 0 saturated heterocycles. The Morgan fingerprint density at radius 2 is 1.60 bits per heavy atom. The van der Waals surface area contributed by atoms with Gasteiger partial charge in [-0.2, -0.15) is 0 Å². The van der Waals surface area contributed by atoms with Crippen molar-refractivity contribution in [3.05, 3.63) is 65.7 Å². The number of hydrogen-bond acceptors (Lipinski definition) is 3. The molecule has 1 aliphatic carbocycles. The van der Waals surface area contributed by atoms with E-state index < -0.39 is 14.6 Å². The predicted molar refractivity (Wildman–Crippen MR) is 97.9 cm³/mol. The van der Waals surface area contributed by atoms with Gasteiger partial charge in [0.1, 0.15) is 0 Å². The molecular weight excluding hydrogens is 334 g/mol. The summed E-state index contributed by atoms with van der Waals surface area (Å²) in [5.41, 5.74) is 2.11. The number of benzene rings is 2. The van der Waals surface area contributed by atoms with Crippen molar-refractivity contribution in [2.75, 3.05) is 0 Å². The van der Waals surface area contributed by atoms with Gasteiger partial charge in [0.2, 0.25) is 5.91 Å². The lowest BCUT2D eigenvalue weighted by Crippen LogP contribution is -2.50. The Morgan fingerprint density at radius 1 is 1.00 bits per heavy atom. The van der Waals surface area contributed by atoms with E-state index in [1.807, 2.05) is 31.2 Å². The normalized spacial score (nSPS) is 16.5. The zero-order chi connectivity index (χ0) is 17.9. The second-order valence-corrected chi connectivity index (χ2v) is 8.95. The van der Waals surface area contributed by atoms with E-state index in [1.54, 1.807) is 30.3 Å². The van der Waals surface area contributed by atoms with Crippen molar-refractivity contribution in [3.63, 3.8) is 0 Å². The average Bonchev–Trinajstić information content (AvgIpc) is 3.13. The summed E-state index contributed by atoms with van der Waals surface area (Å²) in [5.74, 6) is -0.380. The Bertz CT molecular complexity index is 836. The third-order valence-electron chi connectivity index (χ3n) is 4.97. The van der Waals surface area contributed by atoms with Gasteiger partial charge in [-0.3, -0.25) is 4.79 Å².